The van der Waals surface area contributed by atoms with Crippen LogP contribution in [0.5, 0.6) is 0 Å². The molecule has 0 fully saturated rings. The fraction of sp³-hybridized carbons (Fsp3) is 0.0909. The summed E-state index contributed by atoms with van der Waals surface area (Å²) >= 11 is 3.33. The molecule has 98 valence electrons. The molecule has 0 aliphatic heterocycles. The third kappa shape index (κ3) is 3.01. The average molecular weight is 341 g/mol. The normalized spacial score (nSPS) is 11.2. The maximum atomic E-state index is 11.5. The molecule has 2 rings (SSSR count). The molecule has 19 heavy (non-hydrogen) atoms. The molecule has 0 amide bonds. The van der Waals surface area contributed by atoms with E-state index in [4.69, 9.17) is 10.4 Å². The highest BCUT2D eigenvalue weighted by molar-refractivity contribution is 9.10. The van der Waals surface area contributed by atoms with E-state index in [9.17, 15) is 8.42 Å². The van der Waals surface area contributed by atoms with Gasteiger partial charge in [-0.25, -0.2) is 18.2 Å². The number of hydrogen-bond acceptors (Lipinski definition) is 4. The minimum absolute atomic E-state index is 0.0579. The monoisotopic (exact) mass is 340 g/mol. The van der Waals surface area contributed by atoms with Gasteiger partial charge in [-0.3, -0.25) is 0 Å². The number of sulfonamides is 1. The molecule has 0 saturated carbocycles. The number of aromatic nitrogens is 2. The minimum Gasteiger partial charge on any atom is -0.247 e. The number of nitrogens with zero attached hydrogens (tertiary/aromatic N) is 3. The highest BCUT2D eigenvalue weighted by Crippen LogP contribution is 2.17. The highest BCUT2D eigenvalue weighted by atomic mass is 79.9. The predicted molar refractivity (Wildman–Crippen MR) is 71.6 cm³/mol. The maximum Gasteiger partial charge on any atom is 0.256 e. The second kappa shape index (κ2) is 5.13. The molecule has 0 atom stereocenters. The van der Waals surface area contributed by atoms with Crippen molar-refractivity contribution in [1.82, 2.24) is 9.78 Å². The summed E-state index contributed by atoms with van der Waals surface area (Å²) in [6, 6.07) is 9.11. The summed E-state index contributed by atoms with van der Waals surface area (Å²) in [6.07, 6.45) is 1.19. The summed E-state index contributed by atoms with van der Waals surface area (Å²) in [4.78, 5) is 0. The van der Waals surface area contributed by atoms with Crippen molar-refractivity contribution in [1.29, 1.82) is 5.26 Å². The Morgan fingerprint density at radius 2 is 2.21 bits per heavy atom. The van der Waals surface area contributed by atoms with E-state index in [0.29, 0.717) is 0 Å². The van der Waals surface area contributed by atoms with E-state index in [2.05, 4.69) is 21.0 Å². The lowest BCUT2D eigenvalue weighted by Crippen LogP contribution is -2.19. The van der Waals surface area contributed by atoms with E-state index in [0.717, 1.165) is 10.0 Å². The molecule has 8 heteroatoms. The van der Waals surface area contributed by atoms with Crippen LogP contribution in [0.3, 0.4) is 0 Å². The van der Waals surface area contributed by atoms with Gasteiger partial charge in [-0.1, -0.05) is 28.1 Å². The summed E-state index contributed by atoms with van der Waals surface area (Å²) in [5.74, 6) is 0. The number of nitriles is 1. The zero-order valence-electron chi connectivity index (χ0n) is 9.62. The zero-order chi connectivity index (χ0) is 14.0. The number of nitrogens with two attached hydrogens (primary N) is 1. The fourth-order valence-corrected chi connectivity index (χ4v) is 2.93. The third-order valence-electron chi connectivity index (χ3n) is 2.40. The molecular formula is C11H9BrN4O2S. The molecule has 6 nitrogen and oxygen atoms in total. The summed E-state index contributed by atoms with van der Waals surface area (Å²) < 4.78 is 25.1. The molecule has 1 aromatic carbocycles. The van der Waals surface area contributed by atoms with Crippen LogP contribution < -0.4 is 5.14 Å². The Morgan fingerprint density at radius 1 is 1.47 bits per heavy atom. The quantitative estimate of drug-likeness (QED) is 0.906. The molecule has 0 aliphatic carbocycles. The number of hydrogen-bond donors (Lipinski definition) is 1. The van der Waals surface area contributed by atoms with Gasteiger partial charge >= 0.3 is 0 Å². The van der Waals surface area contributed by atoms with Crippen LogP contribution in [-0.4, -0.2) is 18.2 Å². The molecule has 1 aromatic heterocycles. The largest absolute Gasteiger partial charge is 0.256 e. The van der Waals surface area contributed by atoms with Gasteiger partial charge in [0.05, 0.1) is 12.7 Å². The SMILES string of the molecule is N#Cc1cnn(Cc2cccc(Br)c2)c1S(N)(=O)=O. The van der Waals surface area contributed by atoms with Gasteiger partial charge in [0.1, 0.15) is 11.6 Å². The molecular weight excluding hydrogens is 332 g/mol. The molecule has 2 N–H and O–H groups in total. The molecule has 1 heterocycles. The van der Waals surface area contributed by atoms with Crippen LogP contribution in [-0.2, 0) is 16.6 Å². The Morgan fingerprint density at radius 3 is 2.79 bits per heavy atom. The zero-order valence-corrected chi connectivity index (χ0v) is 12.0. The van der Waals surface area contributed by atoms with E-state index >= 15 is 0 Å². The Balaban J connectivity index is 2.48. The standard InChI is InChI=1S/C11H9BrN4O2S/c12-10-3-1-2-8(4-10)7-16-11(19(14,17)18)9(5-13)6-15-16/h1-4,6H,7H2,(H2,14,17,18). The van der Waals surface area contributed by atoms with Crippen LogP contribution in [0.4, 0.5) is 0 Å². The average Bonchev–Trinajstić information content (AvgIpc) is 2.71. The Labute approximate surface area is 118 Å². The van der Waals surface area contributed by atoms with Crippen LogP contribution in [0.25, 0.3) is 0 Å². The van der Waals surface area contributed by atoms with Crippen molar-refractivity contribution >= 4 is 26.0 Å². The fourth-order valence-electron chi connectivity index (χ4n) is 1.67. The van der Waals surface area contributed by atoms with Crippen molar-refractivity contribution in [3.8, 4) is 6.07 Å². The molecule has 0 saturated heterocycles. The first-order valence-corrected chi connectivity index (χ1v) is 7.49. The maximum absolute atomic E-state index is 11.5. The second-order valence-corrected chi connectivity index (χ2v) is 6.20. The van der Waals surface area contributed by atoms with Gasteiger partial charge in [-0.15, -0.1) is 0 Å². The lowest BCUT2D eigenvalue weighted by Gasteiger charge is -2.06. The topological polar surface area (TPSA) is 102 Å². The van der Waals surface area contributed by atoms with E-state index < -0.39 is 10.0 Å². The lowest BCUT2D eigenvalue weighted by atomic mass is 10.2. The van der Waals surface area contributed by atoms with Gasteiger partial charge < -0.3 is 0 Å². The lowest BCUT2D eigenvalue weighted by molar-refractivity contribution is 0.563. The Kier molecular flexibility index (Phi) is 3.71. The van der Waals surface area contributed by atoms with E-state index in [-0.39, 0.29) is 17.1 Å². The molecule has 0 spiro atoms. The van der Waals surface area contributed by atoms with Crippen molar-refractivity contribution in [2.24, 2.45) is 5.14 Å². The molecule has 0 radical (unpaired) electrons. The van der Waals surface area contributed by atoms with Crippen molar-refractivity contribution in [3.05, 3.63) is 46.1 Å². The Bertz CT molecular complexity index is 761. The van der Waals surface area contributed by atoms with Crippen LogP contribution in [0, 0.1) is 11.3 Å². The van der Waals surface area contributed by atoms with Crippen LogP contribution in [0.15, 0.2) is 40.0 Å². The van der Waals surface area contributed by atoms with Gasteiger partial charge in [0.2, 0.25) is 0 Å². The number of rotatable bonds is 3. The van der Waals surface area contributed by atoms with Crippen LogP contribution in [0.2, 0.25) is 0 Å². The van der Waals surface area contributed by atoms with E-state index in [1.54, 1.807) is 6.07 Å². The minimum atomic E-state index is -4.00. The first-order valence-electron chi connectivity index (χ1n) is 5.15. The number of halogens is 1. The van der Waals surface area contributed by atoms with Gasteiger partial charge in [-0.05, 0) is 17.7 Å². The summed E-state index contributed by atoms with van der Waals surface area (Å²) in [5.41, 5.74) is 0.782. The van der Waals surface area contributed by atoms with Gasteiger partial charge in [-0.2, -0.15) is 10.4 Å². The smallest absolute Gasteiger partial charge is 0.247 e. The third-order valence-corrected chi connectivity index (χ3v) is 3.87. The summed E-state index contributed by atoms with van der Waals surface area (Å²) in [6.45, 7) is 0.215. The summed E-state index contributed by atoms with van der Waals surface area (Å²) in [5, 5.41) is 17.6. The predicted octanol–water partition coefficient (Wildman–Crippen LogP) is 1.21. The van der Waals surface area contributed by atoms with Crippen LogP contribution in [0.1, 0.15) is 11.1 Å². The van der Waals surface area contributed by atoms with Crippen molar-refractivity contribution in [2.45, 2.75) is 11.6 Å². The van der Waals surface area contributed by atoms with E-state index in [1.165, 1.54) is 10.9 Å². The van der Waals surface area contributed by atoms with Crippen LogP contribution >= 0.6 is 15.9 Å². The second-order valence-electron chi connectivity index (χ2n) is 3.81. The first kappa shape index (κ1) is 13.7. The number of primary sulfonamides is 1. The van der Waals surface area contributed by atoms with Gasteiger partial charge in [0, 0.05) is 4.47 Å². The molecule has 0 bridgehead atoms. The van der Waals surface area contributed by atoms with E-state index in [1.807, 2.05) is 24.3 Å². The van der Waals surface area contributed by atoms with Gasteiger partial charge in [0.25, 0.3) is 10.0 Å². The summed E-state index contributed by atoms with van der Waals surface area (Å²) in [7, 11) is -4.00. The molecule has 0 aliphatic rings. The van der Waals surface area contributed by atoms with Crippen molar-refractivity contribution in [3.63, 3.8) is 0 Å². The van der Waals surface area contributed by atoms with Crippen molar-refractivity contribution in [2.75, 3.05) is 0 Å². The van der Waals surface area contributed by atoms with Gasteiger partial charge in [0.15, 0.2) is 5.03 Å². The molecule has 2 aromatic rings. The highest BCUT2D eigenvalue weighted by Gasteiger charge is 2.21. The molecule has 0 unspecified atom stereocenters. The Hall–Kier alpha value is -1.69. The number of benzene rings is 1. The first-order chi connectivity index (χ1) is 8.91. The van der Waals surface area contributed by atoms with Crippen molar-refractivity contribution < 1.29 is 8.42 Å².